The SMILES string of the molecule is CCCCCCCCCCC(NCC)c1ccccc1Cl. The van der Waals surface area contributed by atoms with E-state index in [1.807, 2.05) is 12.1 Å². The molecule has 0 aromatic heterocycles. The van der Waals surface area contributed by atoms with E-state index in [4.69, 9.17) is 11.6 Å². The van der Waals surface area contributed by atoms with Crippen molar-refractivity contribution in [3.05, 3.63) is 34.9 Å². The number of rotatable bonds is 12. The fourth-order valence-electron chi connectivity index (χ4n) is 2.85. The highest BCUT2D eigenvalue weighted by Gasteiger charge is 2.12. The Bertz CT molecular complexity index is 364. The number of benzene rings is 1. The van der Waals surface area contributed by atoms with Crippen LogP contribution in [0.4, 0.5) is 0 Å². The molecule has 0 fully saturated rings. The Labute approximate surface area is 136 Å². The molecule has 2 heteroatoms. The topological polar surface area (TPSA) is 12.0 Å². The molecule has 0 bridgehead atoms. The zero-order valence-electron chi connectivity index (χ0n) is 13.8. The van der Waals surface area contributed by atoms with Crippen LogP contribution in [0.25, 0.3) is 0 Å². The van der Waals surface area contributed by atoms with E-state index in [0.29, 0.717) is 6.04 Å². The standard InChI is InChI=1S/C19H32ClN/c1-3-5-6-7-8-9-10-11-16-19(21-4-2)17-14-12-13-15-18(17)20/h12-15,19,21H,3-11,16H2,1-2H3. The van der Waals surface area contributed by atoms with E-state index in [9.17, 15) is 0 Å². The Morgan fingerprint density at radius 2 is 1.52 bits per heavy atom. The minimum absolute atomic E-state index is 0.406. The van der Waals surface area contributed by atoms with Crippen LogP contribution in [0.3, 0.4) is 0 Å². The molecule has 0 aliphatic carbocycles. The van der Waals surface area contributed by atoms with Gasteiger partial charge in [0.25, 0.3) is 0 Å². The lowest BCUT2D eigenvalue weighted by atomic mass is 9.99. The van der Waals surface area contributed by atoms with Crippen molar-refractivity contribution in [2.45, 2.75) is 77.7 Å². The number of unbranched alkanes of at least 4 members (excludes halogenated alkanes) is 7. The molecule has 0 aliphatic heterocycles. The lowest BCUT2D eigenvalue weighted by Crippen LogP contribution is -2.21. The van der Waals surface area contributed by atoms with Crippen LogP contribution in [0.15, 0.2) is 24.3 Å². The summed E-state index contributed by atoms with van der Waals surface area (Å²) in [6.07, 6.45) is 12.2. The van der Waals surface area contributed by atoms with Crippen molar-refractivity contribution in [2.75, 3.05) is 6.54 Å². The number of hydrogen-bond acceptors (Lipinski definition) is 1. The van der Waals surface area contributed by atoms with Gasteiger partial charge >= 0.3 is 0 Å². The van der Waals surface area contributed by atoms with E-state index in [-0.39, 0.29) is 0 Å². The van der Waals surface area contributed by atoms with Gasteiger partial charge in [0.15, 0.2) is 0 Å². The molecule has 21 heavy (non-hydrogen) atoms. The Balaban J connectivity index is 2.25. The minimum Gasteiger partial charge on any atom is -0.310 e. The van der Waals surface area contributed by atoms with Crippen molar-refractivity contribution in [3.63, 3.8) is 0 Å². The van der Waals surface area contributed by atoms with Gasteiger partial charge in [-0.3, -0.25) is 0 Å². The molecule has 1 aromatic carbocycles. The summed E-state index contributed by atoms with van der Waals surface area (Å²) in [5.74, 6) is 0. The predicted molar refractivity (Wildman–Crippen MR) is 95.1 cm³/mol. The molecule has 1 nitrogen and oxygen atoms in total. The highest BCUT2D eigenvalue weighted by atomic mass is 35.5. The van der Waals surface area contributed by atoms with Crippen LogP contribution in [0.5, 0.6) is 0 Å². The summed E-state index contributed by atoms with van der Waals surface area (Å²) in [4.78, 5) is 0. The smallest absolute Gasteiger partial charge is 0.0453 e. The minimum atomic E-state index is 0.406. The highest BCUT2D eigenvalue weighted by molar-refractivity contribution is 6.31. The molecule has 1 aromatic rings. The average molecular weight is 310 g/mol. The van der Waals surface area contributed by atoms with Crippen molar-refractivity contribution < 1.29 is 0 Å². The van der Waals surface area contributed by atoms with Crippen LogP contribution in [0.1, 0.15) is 83.2 Å². The van der Waals surface area contributed by atoms with E-state index in [1.54, 1.807) is 0 Å². The van der Waals surface area contributed by atoms with Crippen molar-refractivity contribution in [2.24, 2.45) is 0 Å². The van der Waals surface area contributed by atoms with Crippen LogP contribution < -0.4 is 5.32 Å². The van der Waals surface area contributed by atoms with E-state index in [2.05, 4.69) is 31.3 Å². The Morgan fingerprint density at radius 1 is 0.905 bits per heavy atom. The van der Waals surface area contributed by atoms with Gasteiger partial charge in [-0.15, -0.1) is 0 Å². The van der Waals surface area contributed by atoms with Crippen LogP contribution in [0, 0.1) is 0 Å². The normalized spacial score (nSPS) is 12.5. The molecule has 0 spiro atoms. The van der Waals surface area contributed by atoms with Gasteiger partial charge in [-0.25, -0.2) is 0 Å². The lowest BCUT2D eigenvalue weighted by molar-refractivity contribution is 0.475. The molecule has 1 atom stereocenters. The molecule has 0 saturated heterocycles. The Hall–Kier alpha value is -0.530. The summed E-state index contributed by atoms with van der Waals surface area (Å²) in [6, 6.07) is 8.64. The van der Waals surface area contributed by atoms with Crippen LogP contribution in [-0.4, -0.2) is 6.54 Å². The maximum atomic E-state index is 6.33. The summed E-state index contributed by atoms with van der Waals surface area (Å²) >= 11 is 6.33. The molecule has 0 aliphatic rings. The van der Waals surface area contributed by atoms with E-state index in [0.717, 1.165) is 11.6 Å². The fraction of sp³-hybridized carbons (Fsp3) is 0.684. The van der Waals surface area contributed by atoms with Crippen molar-refractivity contribution in [3.8, 4) is 0 Å². The summed E-state index contributed by atoms with van der Waals surface area (Å²) in [5.41, 5.74) is 1.25. The third kappa shape index (κ3) is 7.87. The zero-order valence-corrected chi connectivity index (χ0v) is 14.6. The van der Waals surface area contributed by atoms with Gasteiger partial charge in [0, 0.05) is 11.1 Å². The van der Waals surface area contributed by atoms with Crippen molar-refractivity contribution in [1.82, 2.24) is 5.32 Å². The quantitative estimate of drug-likeness (QED) is 0.433. The van der Waals surface area contributed by atoms with Crippen LogP contribution in [-0.2, 0) is 0 Å². The third-order valence-electron chi connectivity index (χ3n) is 4.08. The summed E-state index contributed by atoms with van der Waals surface area (Å²) in [7, 11) is 0. The van der Waals surface area contributed by atoms with Gasteiger partial charge in [-0.1, -0.05) is 95.0 Å². The summed E-state index contributed by atoms with van der Waals surface area (Å²) in [6.45, 7) is 5.43. The molecule has 1 N–H and O–H groups in total. The molecule has 0 saturated carbocycles. The van der Waals surface area contributed by atoms with Gasteiger partial charge in [0.1, 0.15) is 0 Å². The molecule has 0 heterocycles. The van der Waals surface area contributed by atoms with Crippen molar-refractivity contribution >= 4 is 11.6 Å². The number of hydrogen-bond donors (Lipinski definition) is 1. The lowest BCUT2D eigenvalue weighted by Gasteiger charge is -2.19. The monoisotopic (exact) mass is 309 g/mol. The largest absolute Gasteiger partial charge is 0.310 e. The maximum Gasteiger partial charge on any atom is 0.0453 e. The molecule has 0 radical (unpaired) electrons. The van der Waals surface area contributed by atoms with E-state index < -0.39 is 0 Å². The molecule has 120 valence electrons. The van der Waals surface area contributed by atoms with E-state index in [1.165, 1.54) is 63.4 Å². The van der Waals surface area contributed by atoms with Gasteiger partial charge in [-0.05, 0) is 24.6 Å². The molecular formula is C19H32ClN. The molecule has 0 amide bonds. The first-order valence-electron chi connectivity index (χ1n) is 8.77. The van der Waals surface area contributed by atoms with Crippen LogP contribution >= 0.6 is 11.6 Å². The Kier molecular flexibility index (Phi) is 10.6. The second kappa shape index (κ2) is 12.1. The van der Waals surface area contributed by atoms with Gasteiger partial charge in [0.2, 0.25) is 0 Å². The first kappa shape index (κ1) is 18.5. The molecular weight excluding hydrogens is 278 g/mol. The summed E-state index contributed by atoms with van der Waals surface area (Å²) < 4.78 is 0. The summed E-state index contributed by atoms with van der Waals surface area (Å²) in [5, 5.41) is 4.47. The van der Waals surface area contributed by atoms with Gasteiger partial charge in [-0.2, -0.15) is 0 Å². The van der Waals surface area contributed by atoms with Gasteiger partial charge < -0.3 is 5.32 Å². The number of halogens is 1. The second-order valence-corrected chi connectivity index (χ2v) is 6.30. The molecule has 1 unspecified atom stereocenters. The predicted octanol–water partition coefficient (Wildman–Crippen LogP) is 6.52. The van der Waals surface area contributed by atoms with Gasteiger partial charge in [0.05, 0.1) is 0 Å². The van der Waals surface area contributed by atoms with Crippen molar-refractivity contribution in [1.29, 1.82) is 0 Å². The number of nitrogens with one attached hydrogen (secondary N) is 1. The first-order valence-corrected chi connectivity index (χ1v) is 9.15. The second-order valence-electron chi connectivity index (χ2n) is 5.90. The molecule has 1 rings (SSSR count). The first-order chi connectivity index (χ1) is 10.3. The zero-order chi connectivity index (χ0) is 15.3. The third-order valence-corrected chi connectivity index (χ3v) is 4.42. The fourth-order valence-corrected chi connectivity index (χ4v) is 3.12. The average Bonchev–Trinajstić information content (AvgIpc) is 2.49. The Morgan fingerprint density at radius 3 is 2.14 bits per heavy atom. The van der Waals surface area contributed by atoms with E-state index >= 15 is 0 Å². The maximum absolute atomic E-state index is 6.33. The highest BCUT2D eigenvalue weighted by Crippen LogP contribution is 2.26. The van der Waals surface area contributed by atoms with Crippen LogP contribution in [0.2, 0.25) is 5.02 Å².